The van der Waals surface area contributed by atoms with E-state index >= 15 is 0 Å². The molecule has 0 atom stereocenters. The van der Waals surface area contributed by atoms with Gasteiger partial charge >= 0.3 is 0 Å². The minimum Gasteiger partial charge on any atom is -0.282 e. The van der Waals surface area contributed by atoms with E-state index < -0.39 is 31.4 Å². The molecule has 0 saturated carbocycles. The van der Waals surface area contributed by atoms with Crippen molar-refractivity contribution in [3.8, 4) is 6.07 Å². The summed E-state index contributed by atoms with van der Waals surface area (Å²) in [5.74, 6) is -1.03. The summed E-state index contributed by atoms with van der Waals surface area (Å²) >= 11 is 5.81. The molecule has 1 aromatic carbocycles. The van der Waals surface area contributed by atoms with Crippen molar-refractivity contribution < 1.29 is 16.8 Å². The Morgan fingerprint density at radius 3 is 2.37 bits per heavy atom. The lowest BCUT2D eigenvalue weighted by atomic mass is 10.2. The molecule has 0 heterocycles. The van der Waals surface area contributed by atoms with E-state index in [1.807, 2.05) is 6.07 Å². The van der Waals surface area contributed by atoms with Gasteiger partial charge in [-0.2, -0.15) is 5.26 Å². The van der Waals surface area contributed by atoms with Crippen molar-refractivity contribution in [2.45, 2.75) is 0 Å². The second kappa shape index (κ2) is 5.77. The molecule has 0 bridgehead atoms. The quantitative estimate of drug-likeness (QED) is 0.870. The third kappa shape index (κ3) is 5.46. The van der Waals surface area contributed by atoms with E-state index in [0.29, 0.717) is 5.56 Å². The summed E-state index contributed by atoms with van der Waals surface area (Å²) in [6.45, 7) is 0. The Balaban J connectivity index is 2.88. The van der Waals surface area contributed by atoms with Gasteiger partial charge in [0.1, 0.15) is 9.84 Å². The fourth-order valence-electron chi connectivity index (χ4n) is 1.15. The highest BCUT2D eigenvalue weighted by Gasteiger charge is 2.16. The number of nitrogens with one attached hydrogen (secondary N) is 1. The van der Waals surface area contributed by atoms with Crippen LogP contribution in [0.2, 0.25) is 5.02 Å². The first kappa shape index (κ1) is 15.8. The van der Waals surface area contributed by atoms with Crippen molar-refractivity contribution in [1.82, 2.24) is 0 Å². The number of nitriles is 1. The zero-order valence-electron chi connectivity index (χ0n) is 9.92. The lowest BCUT2D eigenvalue weighted by Gasteiger charge is -2.09. The fraction of sp³-hybridized carbons (Fsp3) is 0.300. The third-order valence-electron chi connectivity index (χ3n) is 2.09. The number of hydrogen-bond acceptors (Lipinski definition) is 5. The number of benzene rings is 1. The highest BCUT2D eigenvalue weighted by Crippen LogP contribution is 2.23. The molecule has 1 aromatic rings. The summed E-state index contributed by atoms with van der Waals surface area (Å²) in [7, 11) is -7.17. The zero-order chi connectivity index (χ0) is 14.7. The molecule has 0 unspecified atom stereocenters. The van der Waals surface area contributed by atoms with Gasteiger partial charge in [0.05, 0.1) is 33.8 Å². The van der Waals surface area contributed by atoms with Crippen LogP contribution in [0, 0.1) is 11.3 Å². The van der Waals surface area contributed by atoms with Gasteiger partial charge in [-0.05, 0) is 18.2 Å². The van der Waals surface area contributed by atoms with E-state index in [2.05, 4.69) is 4.72 Å². The van der Waals surface area contributed by atoms with Crippen LogP contribution in [0.4, 0.5) is 5.69 Å². The number of sulfonamides is 1. The van der Waals surface area contributed by atoms with Crippen LogP contribution in [0.1, 0.15) is 5.56 Å². The Morgan fingerprint density at radius 1 is 1.26 bits per heavy atom. The van der Waals surface area contributed by atoms with Crippen LogP contribution in [0.15, 0.2) is 18.2 Å². The van der Waals surface area contributed by atoms with Gasteiger partial charge in [-0.25, -0.2) is 16.8 Å². The summed E-state index contributed by atoms with van der Waals surface area (Å²) in [4.78, 5) is 0. The molecule has 0 fully saturated rings. The second-order valence-corrected chi connectivity index (χ2v) is 8.37. The van der Waals surface area contributed by atoms with Crippen LogP contribution in [0.25, 0.3) is 0 Å². The molecule has 104 valence electrons. The van der Waals surface area contributed by atoms with Crippen LogP contribution in [-0.2, 0) is 19.9 Å². The monoisotopic (exact) mass is 322 g/mol. The minimum atomic E-state index is -3.81. The Bertz CT molecular complexity index is 720. The number of hydrogen-bond donors (Lipinski definition) is 1. The van der Waals surface area contributed by atoms with Gasteiger partial charge in [0.15, 0.2) is 0 Å². The van der Waals surface area contributed by atoms with Crippen molar-refractivity contribution in [2.24, 2.45) is 0 Å². The van der Waals surface area contributed by atoms with Crippen LogP contribution in [-0.4, -0.2) is 34.6 Å². The Morgan fingerprint density at radius 2 is 1.89 bits per heavy atom. The molecule has 19 heavy (non-hydrogen) atoms. The van der Waals surface area contributed by atoms with Gasteiger partial charge in [-0.3, -0.25) is 4.72 Å². The second-order valence-electron chi connectivity index (χ2n) is 3.86. The van der Waals surface area contributed by atoms with Gasteiger partial charge in [-0.15, -0.1) is 0 Å². The number of halogens is 1. The van der Waals surface area contributed by atoms with Gasteiger partial charge in [0.25, 0.3) is 0 Å². The van der Waals surface area contributed by atoms with E-state index in [-0.39, 0.29) is 10.7 Å². The predicted octanol–water partition coefficient (Wildman–Crippen LogP) is 0.998. The molecule has 9 heteroatoms. The first-order chi connectivity index (χ1) is 8.63. The summed E-state index contributed by atoms with van der Waals surface area (Å²) in [5.41, 5.74) is 0.401. The molecule has 0 aromatic heterocycles. The summed E-state index contributed by atoms with van der Waals surface area (Å²) in [6, 6.07) is 5.93. The lowest BCUT2D eigenvalue weighted by Crippen LogP contribution is -2.22. The van der Waals surface area contributed by atoms with Crippen molar-refractivity contribution in [1.29, 1.82) is 5.26 Å². The molecular formula is C10H11ClN2O4S2. The SMILES string of the molecule is CS(=O)(=O)CCS(=O)(=O)Nc1ccc(C#N)cc1Cl. The molecule has 1 N–H and O–H groups in total. The average Bonchev–Trinajstić information content (AvgIpc) is 2.28. The average molecular weight is 323 g/mol. The van der Waals surface area contributed by atoms with Gasteiger partial charge in [0, 0.05) is 6.26 Å². The largest absolute Gasteiger partial charge is 0.282 e. The van der Waals surface area contributed by atoms with E-state index in [4.69, 9.17) is 16.9 Å². The smallest absolute Gasteiger partial charge is 0.233 e. The maximum Gasteiger partial charge on any atom is 0.233 e. The van der Waals surface area contributed by atoms with E-state index in [0.717, 1.165) is 6.26 Å². The predicted molar refractivity (Wildman–Crippen MR) is 73.3 cm³/mol. The van der Waals surface area contributed by atoms with Crippen LogP contribution in [0.3, 0.4) is 0 Å². The first-order valence-corrected chi connectivity index (χ1v) is 9.10. The summed E-state index contributed by atoms with van der Waals surface area (Å²) < 4.78 is 47.3. The maximum atomic E-state index is 11.7. The number of nitrogens with zero attached hydrogens (tertiary/aromatic N) is 1. The van der Waals surface area contributed by atoms with Crippen LogP contribution in [0.5, 0.6) is 0 Å². The summed E-state index contributed by atoms with van der Waals surface area (Å²) in [5, 5.41) is 8.72. The molecule has 0 aliphatic carbocycles. The molecule has 0 spiro atoms. The van der Waals surface area contributed by atoms with Crippen molar-refractivity contribution in [3.63, 3.8) is 0 Å². The molecule has 0 radical (unpaired) electrons. The Kier molecular flexibility index (Phi) is 4.79. The maximum absolute atomic E-state index is 11.7. The molecule has 0 aliphatic heterocycles. The van der Waals surface area contributed by atoms with E-state index in [1.165, 1.54) is 18.2 Å². The topological polar surface area (TPSA) is 104 Å². The zero-order valence-corrected chi connectivity index (χ0v) is 12.3. The highest BCUT2D eigenvalue weighted by molar-refractivity contribution is 7.95. The van der Waals surface area contributed by atoms with Gasteiger partial charge < -0.3 is 0 Å². The van der Waals surface area contributed by atoms with E-state index in [1.54, 1.807) is 0 Å². The van der Waals surface area contributed by atoms with Crippen molar-refractivity contribution in [3.05, 3.63) is 28.8 Å². The Labute approximate surface area is 117 Å². The number of anilines is 1. The molecule has 1 rings (SSSR count). The van der Waals surface area contributed by atoms with Crippen molar-refractivity contribution >= 4 is 37.1 Å². The lowest BCUT2D eigenvalue weighted by molar-refractivity contribution is 0.593. The third-order valence-corrected chi connectivity index (χ3v) is 4.88. The van der Waals surface area contributed by atoms with Crippen LogP contribution < -0.4 is 4.72 Å². The van der Waals surface area contributed by atoms with Gasteiger partial charge in [0.2, 0.25) is 10.0 Å². The fourth-order valence-corrected chi connectivity index (χ4v) is 4.13. The standard InChI is InChI=1S/C10H11ClN2O4S2/c1-18(14,15)4-5-19(16,17)13-10-3-2-8(7-12)6-9(10)11/h2-3,6,13H,4-5H2,1H3. The highest BCUT2D eigenvalue weighted by atomic mass is 35.5. The number of sulfone groups is 1. The molecule has 0 saturated heterocycles. The van der Waals surface area contributed by atoms with Crippen molar-refractivity contribution in [2.75, 3.05) is 22.5 Å². The number of rotatable bonds is 5. The summed E-state index contributed by atoms with van der Waals surface area (Å²) in [6.07, 6.45) is 0.956. The van der Waals surface area contributed by atoms with Crippen LogP contribution >= 0.6 is 11.6 Å². The Hall–Kier alpha value is -1.30. The molecule has 0 amide bonds. The molecule has 6 nitrogen and oxygen atoms in total. The minimum absolute atomic E-state index is 0.0713. The first-order valence-electron chi connectivity index (χ1n) is 5.01. The van der Waals surface area contributed by atoms with E-state index in [9.17, 15) is 16.8 Å². The van der Waals surface area contributed by atoms with Gasteiger partial charge in [-0.1, -0.05) is 11.6 Å². The molecule has 0 aliphatic rings. The molecular weight excluding hydrogens is 312 g/mol. The normalized spacial score (nSPS) is 11.8.